The van der Waals surface area contributed by atoms with Crippen LogP contribution in [0.4, 0.5) is 0 Å². The third kappa shape index (κ3) is 3.56. The molecule has 2 rings (SSSR count). The number of carbonyl (C=O) groups is 1. The van der Waals surface area contributed by atoms with E-state index in [-0.39, 0.29) is 12.5 Å². The fourth-order valence-corrected chi connectivity index (χ4v) is 3.35. The second-order valence-electron chi connectivity index (χ2n) is 4.91. The van der Waals surface area contributed by atoms with Crippen molar-refractivity contribution < 1.29 is 9.90 Å². The monoisotopic (exact) mass is 267 g/mol. The van der Waals surface area contributed by atoms with Crippen LogP contribution in [0.25, 0.3) is 0 Å². The number of thiophene rings is 1. The molecule has 1 N–H and O–H groups in total. The van der Waals surface area contributed by atoms with E-state index in [1.807, 2.05) is 21.7 Å². The van der Waals surface area contributed by atoms with Crippen molar-refractivity contribution in [2.75, 3.05) is 13.2 Å². The summed E-state index contributed by atoms with van der Waals surface area (Å²) in [5.41, 5.74) is 1.09. The van der Waals surface area contributed by atoms with Gasteiger partial charge in [-0.1, -0.05) is 19.3 Å². The van der Waals surface area contributed by atoms with Gasteiger partial charge in [-0.25, -0.2) is 0 Å². The molecule has 0 spiro atoms. The van der Waals surface area contributed by atoms with Gasteiger partial charge < -0.3 is 10.0 Å². The first-order valence-electron chi connectivity index (χ1n) is 6.72. The van der Waals surface area contributed by atoms with Crippen LogP contribution in [-0.4, -0.2) is 35.1 Å². The predicted molar refractivity (Wildman–Crippen MR) is 73.7 cm³/mol. The van der Waals surface area contributed by atoms with Gasteiger partial charge in [0.05, 0.1) is 13.0 Å². The average Bonchev–Trinajstić information content (AvgIpc) is 2.89. The van der Waals surface area contributed by atoms with E-state index in [9.17, 15) is 4.79 Å². The highest BCUT2D eigenvalue weighted by molar-refractivity contribution is 7.07. The second-order valence-corrected chi connectivity index (χ2v) is 5.69. The summed E-state index contributed by atoms with van der Waals surface area (Å²) >= 11 is 1.62. The Morgan fingerprint density at radius 2 is 2.17 bits per heavy atom. The van der Waals surface area contributed by atoms with Gasteiger partial charge in [-0.3, -0.25) is 4.79 Å². The zero-order chi connectivity index (χ0) is 12.8. The molecule has 1 aromatic rings. The van der Waals surface area contributed by atoms with Crippen molar-refractivity contribution in [3.8, 4) is 0 Å². The number of nitrogens with zero attached hydrogens (tertiary/aromatic N) is 1. The highest BCUT2D eigenvalue weighted by atomic mass is 32.1. The summed E-state index contributed by atoms with van der Waals surface area (Å²) in [6.45, 7) is 0.541. The van der Waals surface area contributed by atoms with E-state index < -0.39 is 0 Å². The summed E-state index contributed by atoms with van der Waals surface area (Å²) < 4.78 is 0. The maximum atomic E-state index is 12.3. The lowest BCUT2D eigenvalue weighted by Gasteiger charge is -2.34. The SMILES string of the molecule is O=C(Cc1ccsc1)N(CCO)C1CCCCC1. The molecule has 18 heavy (non-hydrogen) atoms. The molecule has 0 bridgehead atoms. The van der Waals surface area contributed by atoms with Gasteiger partial charge in [0.25, 0.3) is 0 Å². The first-order valence-corrected chi connectivity index (χ1v) is 7.67. The fraction of sp³-hybridized carbons (Fsp3) is 0.643. The lowest BCUT2D eigenvalue weighted by molar-refractivity contribution is -0.134. The van der Waals surface area contributed by atoms with Gasteiger partial charge in [0, 0.05) is 12.6 Å². The summed E-state index contributed by atoms with van der Waals surface area (Å²) in [6, 6.07) is 2.35. The van der Waals surface area contributed by atoms with Crippen molar-refractivity contribution in [3.63, 3.8) is 0 Å². The molecule has 0 unspecified atom stereocenters. The van der Waals surface area contributed by atoms with E-state index in [4.69, 9.17) is 5.11 Å². The van der Waals surface area contributed by atoms with E-state index in [1.165, 1.54) is 19.3 Å². The number of aliphatic hydroxyl groups is 1. The molecule has 0 atom stereocenters. The van der Waals surface area contributed by atoms with Crippen LogP contribution in [0.5, 0.6) is 0 Å². The van der Waals surface area contributed by atoms with Crippen LogP contribution in [0, 0.1) is 0 Å². The standard InChI is InChI=1S/C14H21NO2S/c16-8-7-15(13-4-2-1-3-5-13)14(17)10-12-6-9-18-11-12/h6,9,11,13,16H,1-5,7-8,10H2. The molecule has 0 saturated heterocycles. The lowest BCUT2D eigenvalue weighted by Crippen LogP contribution is -2.43. The summed E-state index contributed by atoms with van der Waals surface area (Å²) in [4.78, 5) is 14.2. The number of hydrogen-bond donors (Lipinski definition) is 1. The summed E-state index contributed by atoms with van der Waals surface area (Å²) in [6.07, 6.45) is 6.35. The number of aliphatic hydroxyl groups excluding tert-OH is 1. The molecule has 1 fully saturated rings. The Labute approximate surface area is 112 Å². The van der Waals surface area contributed by atoms with E-state index in [2.05, 4.69) is 0 Å². The molecular formula is C14H21NO2S. The zero-order valence-electron chi connectivity index (χ0n) is 10.7. The molecule has 0 aromatic carbocycles. The molecule has 3 nitrogen and oxygen atoms in total. The maximum Gasteiger partial charge on any atom is 0.227 e. The van der Waals surface area contributed by atoms with Crippen LogP contribution >= 0.6 is 11.3 Å². The maximum absolute atomic E-state index is 12.3. The van der Waals surface area contributed by atoms with Gasteiger partial charge in [0.2, 0.25) is 5.91 Å². The minimum atomic E-state index is 0.0614. The molecule has 1 saturated carbocycles. The number of amides is 1. The third-order valence-corrected chi connectivity index (χ3v) is 4.34. The molecule has 0 radical (unpaired) electrons. The van der Waals surface area contributed by atoms with Crippen molar-refractivity contribution in [2.24, 2.45) is 0 Å². The third-order valence-electron chi connectivity index (χ3n) is 3.61. The smallest absolute Gasteiger partial charge is 0.227 e. The fourth-order valence-electron chi connectivity index (χ4n) is 2.68. The Hall–Kier alpha value is -0.870. The summed E-state index contributed by atoms with van der Waals surface area (Å²) in [7, 11) is 0. The minimum Gasteiger partial charge on any atom is -0.395 e. The molecule has 1 aromatic heterocycles. The van der Waals surface area contributed by atoms with Crippen LogP contribution < -0.4 is 0 Å². The van der Waals surface area contributed by atoms with Crippen LogP contribution in [0.3, 0.4) is 0 Å². The Bertz CT molecular complexity index is 358. The predicted octanol–water partition coefficient (Wildman–Crippen LogP) is 2.44. The highest BCUT2D eigenvalue weighted by Crippen LogP contribution is 2.23. The Morgan fingerprint density at radius 1 is 1.39 bits per heavy atom. The van der Waals surface area contributed by atoms with E-state index in [0.717, 1.165) is 18.4 Å². The van der Waals surface area contributed by atoms with Gasteiger partial charge in [-0.2, -0.15) is 11.3 Å². The van der Waals surface area contributed by atoms with E-state index >= 15 is 0 Å². The van der Waals surface area contributed by atoms with Crippen molar-refractivity contribution in [1.29, 1.82) is 0 Å². The Morgan fingerprint density at radius 3 is 2.78 bits per heavy atom. The molecule has 4 heteroatoms. The number of rotatable bonds is 5. The average molecular weight is 267 g/mol. The van der Waals surface area contributed by atoms with Gasteiger partial charge in [-0.05, 0) is 35.2 Å². The van der Waals surface area contributed by atoms with Crippen LogP contribution in [0.1, 0.15) is 37.7 Å². The normalized spacial score (nSPS) is 16.7. The van der Waals surface area contributed by atoms with E-state index in [1.54, 1.807) is 11.3 Å². The topological polar surface area (TPSA) is 40.5 Å². The van der Waals surface area contributed by atoms with E-state index in [0.29, 0.717) is 19.0 Å². The first kappa shape index (κ1) is 13.6. The van der Waals surface area contributed by atoms with Gasteiger partial charge in [0.1, 0.15) is 0 Å². The van der Waals surface area contributed by atoms with Crippen molar-refractivity contribution in [3.05, 3.63) is 22.4 Å². The molecule has 1 amide bonds. The lowest BCUT2D eigenvalue weighted by atomic mass is 9.94. The van der Waals surface area contributed by atoms with Crippen molar-refractivity contribution in [1.82, 2.24) is 4.90 Å². The second kappa shape index (κ2) is 6.90. The van der Waals surface area contributed by atoms with Crippen LogP contribution in [0.2, 0.25) is 0 Å². The largest absolute Gasteiger partial charge is 0.395 e. The molecule has 1 aliphatic rings. The molecule has 1 aliphatic carbocycles. The summed E-state index contributed by atoms with van der Waals surface area (Å²) in [5.74, 6) is 0.161. The molecular weight excluding hydrogens is 246 g/mol. The first-order chi connectivity index (χ1) is 8.81. The van der Waals surface area contributed by atoms with Gasteiger partial charge in [-0.15, -0.1) is 0 Å². The van der Waals surface area contributed by atoms with Crippen LogP contribution in [0.15, 0.2) is 16.8 Å². The minimum absolute atomic E-state index is 0.0614. The summed E-state index contributed by atoms with van der Waals surface area (Å²) in [5, 5.41) is 13.2. The van der Waals surface area contributed by atoms with Crippen LogP contribution in [-0.2, 0) is 11.2 Å². The number of hydrogen-bond acceptors (Lipinski definition) is 3. The van der Waals surface area contributed by atoms with Crippen molar-refractivity contribution in [2.45, 2.75) is 44.6 Å². The van der Waals surface area contributed by atoms with Gasteiger partial charge >= 0.3 is 0 Å². The number of carbonyl (C=O) groups excluding carboxylic acids is 1. The molecule has 100 valence electrons. The quantitative estimate of drug-likeness (QED) is 0.890. The zero-order valence-corrected chi connectivity index (χ0v) is 11.5. The Balaban J connectivity index is 1.97. The molecule has 1 heterocycles. The Kier molecular flexibility index (Phi) is 5.20. The van der Waals surface area contributed by atoms with Crippen molar-refractivity contribution >= 4 is 17.2 Å². The highest BCUT2D eigenvalue weighted by Gasteiger charge is 2.24. The molecule has 0 aliphatic heterocycles. The van der Waals surface area contributed by atoms with Gasteiger partial charge in [0.15, 0.2) is 0 Å².